The normalized spacial score (nSPS) is 29.4. The maximum absolute atomic E-state index is 12.0. The lowest BCUT2D eigenvalue weighted by atomic mass is 9.98. The van der Waals surface area contributed by atoms with Crippen LogP contribution in [0, 0.1) is 23.7 Å². The molecular formula is C19H24N2O3. The van der Waals surface area contributed by atoms with Gasteiger partial charge >= 0.3 is 0 Å². The van der Waals surface area contributed by atoms with Crippen molar-refractivity contribution in [1.29, 1.82) is 0 Å². The minimum Gasteiger partial charge on any atom is -0.296 e. The largest absolute Gasteiger partial charge is 0.296 e. The van der Waals surface area contributed by atoms with Crippen LogP contribution in [0.15, 0.2) is 42.6 Å². The predicted molar refractivity (Wildman–Crippen MR) is 92.9 cm³/mol. The zero-order valence-corrected chi connectivity index (χ0v) is 14.6. The maximum Gasteiger partial charge on any atom is 0.234 e. The van der Waals surface area contributed by atoms with E-state index in [2.05, 4.69) is 11.9 Å². The smallest absolute Gasteiger partial charge is 0.234 e. The summed E-state index contributed by atoms with van der Waals surface area (Å²) in [5, 5.41) is 2.24. The number of allylic oxidation sites excluding steroid dienone is 1. The molecule has 2 fully saturated rings. The van der Waals surface area contributed by atoms with Crippen LogP contribution in [0.25, 0.3) is 0 Å². The predicted octanol–water partition coefficient (Wildman–Crippen LogP) is 2.73. The Balaban J connectivity index is 0.000000198. The van der Waals surface area contributed by atoms with Gasteiger partial charge < -0.3 is 0 Å². The Bertz CT molecular complexity index is 630. The van der Waals surface area contributed by atoms with Gasteiger partial charge in [-0.1, -0.05) is 52.5 Å². The van der Waals surface area contributed by atoms with Gasteiger partial charge in [-0.05, 0) is 12.1 Å². The molecule has 2 heterocycles. The summed E-state index contributed by atoms with van der Waals surface area (Å²) in [5.41, 5.74) is 1.82. The van der Waals surface area contributed by atoms with Gasteiger partial charge in [0.2, 0.25) is 17.7 Å². The zero-order chi connectivity index (χ0) is 18.0. The van der Waals surface area contributed by atoms with E-state index in [1.807, 2.05) is 44.2 Å². The summed E-state index contributed by atoms with van der Waals surface area (Å²) in [4.78, 5) is 35.0. The third-order valence-corrected chi connectivity index (χ3v) is 5.01. The Morgan fingerprint density at radius 2 is 1.33 bits per heavy atom. The summed E-state index contributed by atoms with van der Waals surface area (Å²) in [5.74, 6) is -0.149. The summed E-state index contributed by atoms with van der Waals surface area (Å²) in [6.07, 6.45) is 0. The molecule has 2 aliphatic heterocycles. The molecule has 3 rings (SSSR count). The van der Waals surface area contributed by atoms with Crippen LogP contribution in [-0.4, -0.2) is 17.7 Å². The van der Waals surface area contributed by atoms with Crippen molar-refractivity contribution in [2.75, 3.05) is 4.90 Å². The first-order chi connectivity index (χ1) is 11.3. The molecule has 24 heavy (non-hydrogen) atoms. The Labute approximate surface area is 142 Å². The number of hydrogen-bond donors (Lipinski definition) is 1. The molecule has 2 aliphatic rings. The van der Waals surface area contributed by atoms with Gasteiger partial charge in [0.1, 0.15) is 0 Å². The van der Waals surface area contributed by atoms with Gasteiger partial charge in [-0.15, -0.1) is 0 Å². The van der Waals surface area contributed by atoms with Gasteiger partial charge in [-0.25, -0.2) is 0 Å². The minimum absolute atomic E-state index is 0.0395. The van der Waals surface area contributed by atoms with E-state index in [4.69, 9.17) is 0 Å². The van der Waals surface area contributed by atoms with Crippen molar-refractivity contribution < 1.29 is 14.4 Å². The number of anilines is 1. The summed E-state index contributed by atoms with van der Waals surface area (Å²) in [6, 6.07) is 9.69. The summed E-state index contributed by atoms with van der Waals surface area (Å²) in [7, 11) is 0. The highest BCUT2D eigenvalue weighted by Gasteiger charge is 2.38. The fraction of sp³-hybridized carbons (Fsp3) is 0.421. The molecule has 1 aromatic carbocycles. The van der Waals surface area contributed by atoms with Gasteiger partial charge in [0.25, 0.3) is 0 Å². The Hall–Kier alpha value is -2.43. The van der Waals surface area contributed by atoms with Gasteiger partial charge in [-0.3, -0.25) is 24.6 Å². The molecule has 0 aliphatic carbocycles. The van der Waals surface area contributed by atoms with Crippen molar-refractivity contribution in [2.24, 2.45) is 23.7 Å². The number of amides is 3. The van der Waals surface area contributed by atoms with Gasteiger partial charge in [0.05, 0.1) is 0 Å². The fourth-order valence-corrected chi connectivity index (χ4v) is 2.72. The maximum atomic E-state index is 12.0. The number of imide groups is 1. The molecule has 5 heteroatoms. The quantitative estimate of drug-likeness (QED) is 0.806. The topological polar surface area (TPSA) is 66.5 Å². The number of nitrogens with one attached hydrogen (secondary N) is 1. The third kappa shape index (κ3) is 3.25. The van der Waals surface area contributed by atoms with Crippen LogP contribution in [0.2, 0.25) is 0 Å². The molecule has 5 nitrogen and oxygen atoms in total. The van der Waals surface area contributed by atoms with Gasteiger partial charge in [-0.2, -0.15) is 0 Å². The number of rotatable bonds is 1. The molecule has 1 aromatic rings. The molecule has 1 N–H and O–H groups in total. The molecule has 0 spiro atoms. The van der Waals surface area contributed by atoms with Crippen LogP contribution in [0.3, 0.4) is 0 Å². The second-order valence-corrected chi connectivity index (χ2v) is 6.51. The van der Waals surface area contributed by atoms with E-state index in [0.29, 0.717) is 0 Å². The summed E-state index contributed by atoms with van der Waals surface area (Å²) >= 11 is 0. The first-order valence-electron chi connectivity index (χ1n) is 8.18. The van der Waals surface area contributed by atoms with Crippen LogP contribution in [0.5, 0.6) is 0 Å². The lowest BCUT2D eigenvalue weighted by molar-refractivity contribution is -0.126. The number of carbonyl (C=O) groups excluding carboxylic acids is 3. The highest BCUT2D eigenvalue weighted by molar-refractivity contribution is 6.04. The van der Waals surface area contributed by atoms with Crippen LogP contribution < -0.4 is 10.2 Å². The van der Waals surface area contributed by atoms with E-state index in [1.54, 1.807) is 18.7 Å². The molecule has 0 bridgehead atoms. The number of benzene rings is 1. The van der Waals surface area contributed by atoms with Gasteiger partial charge in [0.15, 0.2) is 0 Å². The Kier molecular flexibility index (Phi) is 5.22. The van der Waals surface area contributed by atoms with Crippen LogP contribution in [0.1, 0.15) is 27.7 Å². The molecule has 4 unspecified atom stereocenters. The molecule has 4 atom stereocenters. The average Bonchev–Trinajstić information content (AvgIpc) is 2.91. The van der Waals surface area contributed by atoms with Crippen molar-refractivity contribution in [3.05, 3.63) is 42.6 Å². The van der Waals surface area contributed by atoms with Crippen LogP contribution >= 0.6 is 0 Å². The lowest BCUT2D eigenvalue weighted by Gasteiger charge is -2.18. The van der Waals surface area contributed by atoms with Crippen LogP contribution in [-0.2, 0) is 14.4 Å². The zero-order valence-electron chi connectivity index (χ0n) is 14.6. The Morgan fingerprint density at radius 1 is 0.833 bits per heavy atom. The molecule has 2 saturated heterocycles. The van der Waals surface area contributed by atoms with E-state index in [0.717, 1.165) is 11.4 Å². The number of nitrogens with zero attached hydrogens (tertiary/aromatic N) is 1. The van der Waals surface area contributed by atoms with E-state index in [9.17, 15) is 14.4 Å². The van der Waals surface area contributed by atoms with E-state index in [-0.39, 0.29) is 41.4 Å². The van der Waals surface area contributed by atoms with Crippen molar-refractivity contribution in [3.8, 4) is 0 Å². The average molecular weight is 328 g/mol. The van der Waals surface area contributed by atoms with E-state index in [1.165, 1.54) is 0 Å². The first kappa shape index (κ1) is 17.9. The first-order valence-corrected chi connectivity index (χ1v) is 8.18. The van der Waals surface area contributed by atoms with Crippen molar-refractivity contribution in [1.82, 2.24) is 5.32 Å². The number of hydrogen-bond acceptors (Lipinski definition) is 3. The molecule has 128 valence electrons. The standard InChI is InChI=1S/C13H15NO.C6H9NO2/c1-9-10(2)13(15)14(11(9)3)12-7-5-4-6-8-12;1-3-4(2)6(9)7-5(3)8/h4-10H,3H2,1-2H3;3-4H,1-2H3,(H,7,8,9). The molecule has 0 radical (unpaired) electrons. The Morgan fingerprint density at radius 3 is 1.67 bits per heavy atom. The number of carbonyl (C=O) groups is 3. The summed E-state index contributed by atoms with van der Waals surface area (Å²) < 4.78 is 0. The SMILES string of the molecule is C=C1C(C)C(C)C(=O)N1c1ccccc1.CC1C(=O)NC(=O)C1C. The van der Waals surface area contributed by atoms with Crippen molar-refractivity contribution >= 4 is 23.4 Å². The van der Waals surface area contributed by atoms with Crippen molar-refractivity contribution in [2.45, 2.75) is 27.7 Å². The monoisotopic (exact) mass is 328 g/mol. The third-order valence-electron chi connectivity index (χ3n) is 5.01. The lowest BCUT2D eigenvalue weighted by Crippen LogP contribution is -2.24. The molecule has 0 saturated carbocycles. The minimum atomic E-state index is -0.146. The highest BCUT2D eigenvalue weighted by atomic mass is 16.2. The van der Waals surface area contributed by atoms with Crippen LogP contribution in [0.4, 0.5) is 5.69 Å². The molecule has 0 aromatic heterocycles. The van der Waals surface area contributed by atoms with E-state index < -0.39 is 0 Å². The van der Waals surface area contributed by atoms with Crippen molar-refractivity contribution in [3.63, 3.8) is 0 Å². The second kappa shape index (κ2) is 6.99. The highest BCUT2D eigenvalue weighted by Crippen LogP contribution is 2.36. The second-order valence-electron chi connectivity index (χ2n) is 6.51. The van der Waals surface area contributed by atoms with E-state index >= 15 is 0 Å². The number of para-hydroxylation sites is 1. The fourth-order valence-electron chi connectivity index (χ4n) is 2.72. The molecule has 3 amide bonds. The van der Waals surface area contributed by atoms with Gasteiger partial charge in [0, 0.05) is 35.1 Å². The summed E-state index contributed by atoms with van der Waals surface area (Å²) in [6.45, 7) is 11.5. The molecular weight excluding hydrogens is 304 g/mol.